The van der Waals surface area contributed by atoms with E-state index in [1.807, 2.05) is 44.3 Å². The molecule has 1 N–H and O–H groups in total. The molecule has 0 aliphatic heterocycles. The second-order valence-electron chi connectivity index (χ2n) is 5.28. The average Bonchev–Trinajstić information content (AvgIpc) is 2.80. The smallest absolute Gasteiger partial charge is 0.271 e. The van der Waals surface area contributed by atoms with Crippen molar-refractivity contribution in [1.29, 1.82) is 0 Å². The summed E-state index contributed by atoms with van der Waals surface area (Å²) >= 11 is 2.18. The fraction of sp³-hybridized carbons (Fsp3) is 0.111. The van der Waals surface area contributed by atoms with Gasteiger partial charge in [-0.1, -0.05) is 24.3 Å². The molecule has 0 saturated heterocycles. The molecule has 0 saturated carbocycles. The van der Waals surface area contributed by atoms with Gasteiger partial charge in [0.05, 0.1) is 6.21 Å². The summed E-state index contributed by atoms with van der Waals surface area (Å²) < 4.78 is 3.14. The van der Waals surface area contributed by atoms with E-state index in [0.29, 0.717) is 5.56 Å². The summed E-state index contributed by atoms with van der Waals surface area (Å²) in [4.78, 5) is 12.1. The van der Waals surface area contributed by atoms with Crippen LogP contribution in [0.3, 0.4) is 0 Å². The monoisotopic (exact) mass is 417 g/mol. The Hall–Kier alpha value is -2.15. The van der Waals surface area contributed by atoms with E-state index in [0.717, 1.165) is 25.7 Å². The Kier molecular flexibility index (Phi) is 4.47. The average molecular weight is 417 g/mol. The van der Waals surface area contributed by atoms with Gasteiger partial charge in [-0.25, -0.2) is 5.43 Å². The number of nitrogens with one attached hydrogen (secondary N) is 1. The Morgan fingerprint density at radius 1 is 1.22 bits per heavy atom. The zero-order chi connectivity index (χ0) is 16.4. The van der Waals surface area contributed by atoms with E-state index in [-0.39, 0.29) is 5.91 Å². The molecule has 0 radical (unpaired) electrons. The molecule has 0 aliphatic carbocycles. The predicted molar refractivity (Wildman–Crippen MR) is 102 cm³/mol. The summed E-state index contributed by atoms with van der Waals surface area (Å²) in [6.07, 6.45) is 1.71. The minimum atomic E-state index is -0.211. The first-order chi connectivity index (χ1) is 11.1. The highest BCUT2D eigenvalue weighted by atomic mass is 127. The second-order valence-corrected chi connectivity index (χ2v) is 6.53. The van der Waals surface area contributed by atoms with Crippen LogP contribution >= 0.6 is 22.6 Å². The molecule has 0 unspecified atom stereocenters. The molecule has 1 amide bonds. The molecule has 5 heteroatoms. The number of halogens is 1. The Morgan fingerprint density at radius 2 is 2.00 bits per heavy atom. The first-order valence-electron chi connectivity index (χ1n) is 7.21. The van der Waals surface area contributed by atoms with Gasteiger partial charge in [0.1, 0.15) is 0 Å². The molecule has 0 fully saturated rings. The third kappa shape index (κ3) is 3.14. The van der Waals surface area contributed by atoms with Gasteiger partial charge < -0.3 is 4.57 Å². The normalized spacial score (nSPS) is 11.3. The van der Waals surface area contributed by atoms with Crippen molar-refractivity contribution in [2.75, 3.05) is 0 Å². The number of aryl methyl sites for hydroxylation is 1. The van der Waals surface area contributed by atoms with Crippen LogP contribution in [-0.4, -0.2) is 16.7 Å². The van der Waals surface area contributed by atoms with E-state index < -0.39 is 0 Å². The van der Waals surface area contributed by atoms with Gasteiger partial charge >= 0.3 is 0 Å². The van der Waals surface area contributed by atoms with Gasteiger partial charge in [-0.15, -0.1) is 0 Å². The van der Waals surface area contributed by atoms with E-state index in [4.69, 9.17) is 0 Å². The molecule has 3 rings (SSSR count). The molecule has 2 aromatic carbocycles. The number of aromatic nitrogens is 1. The first kappa shape index (κ1) is 15.7. The number of hydrogen-bond acceptors (Lipinski definition) is 2. The van der Waals surface area contributed by atoms with Crippen LogP contribution in [0, 0.1) is 10.5 Å². The van der Waals surface area contributed by atoms with Gasteiger partial charge in [0, 0.05) is 38.3 Å². The Bertz CT molecular complexity index is 912. The molecule has 1 aromatic heterocycles. The standard InChI is InChI=1S/C18H16IN3O/c1-12-16(15-8-3-4-9-17(15)22(12)2)11-20-21-18(23)13-6-5-7-14(19)10-13/h3-11H,1-2H3,(H,21,23)/b20-11+. The number of fused-ring (bicyclic) bond motifs is 1. The molecule has 1 heterocycles. The lowest BCUT2D eigenvalue weighted by Gasteiger charge is -2.00. The molecule has 23 heavy (non-hydrogen) atoms. The number of benzene rings is 2. The summed E-state index contributed by atoms with van der Waals surface area (Å²) in [7, 11) is 2.03. The van der Waals surface area contributed by atoms with Crippen molar-refractivity contribution >= 4 is 45.6 Å². The van der Waals surface area contributed by atoms with Gasteiger partial charge in [-0.05, 0) is 53.8 Å². The number of hydrogen-bond donors (Lipinski definition) is 1. The quantitative estimate of drug-likeness (QED) is 0.393. The molecule has 0 spiro atoms. The number of carbonyl (C=O) groups is 1. The third-order valence-electron chi connectivity index (χ3n) is 3.90. The van der Waals surface area contributed by atoms with Crippen LogP contribution in [0.2, 0.25) is 0 Å². The minimum absolute atomic E-state index is 0.211. The molecular weight excluding hydrogens is 401 g/mol. The summed E-state index contributed by atoms with van der Waals surface area (Å²) in [5.41, 5.74) is 6.47. The minimum Gasteiger partial charge on any atom is -0.347 e. The SMILES string of the molecule is Cc1c(/C=N/NC(=O)c2cccc(I)c2)c2ccccc2n1C. The van der Waals surface area contributed by atoms with Gasteiger partial charge in [0.15, 0.2) is 0 Å². The van der Waals surface area contributed by atoms with E-state index in [1.54, 1.807) is 12.3 Å². The van der Waals surface area contributed by atoms with Crippen molar-refractivity contribution in [2.24, 2.45) is 12.1 Å². The molecule has 0 aliphatic rings. The van der Waals surface area contributed by atoms with Gasteiger partial charge in [0.2, 0.25) is 0 Å². The molecule has 3 aromatic rings. The highest BCUT2D eigenvalue weighted by molar-refractivity contribution is 14.1. The van der Waals surface area contributed by atoms with Crippen molar-refractivity contribution in [3.63, 3.8) is 0 Å². The van der Waals surface area contributed by atoms with Crippen molar-refractivity contribution in [3.05, 3.63) is 68.9 Å². The van der Waals surface area contributed by atoms with Crippen LogP contribution in [0.5, 0.6) is 0 Å². The second kappa shape index (κ2) is 6.54. The van der Waals surface area contributed by atoms with Crippen LogP contribution in [0.1, 0.15) is 21.6 Å². The van der Waals surface area contributed by atoms with Crippen molar-refractivity contribution < 1.29 is 4.79 Å². The Balaban J connectivity index is 1.84. The van der Waals surface area contributed by atoms with Crippen LogP contribution in [0.25, 0.3) is 10.9 Å². The molecule has 0 atom stereocenters. The van der Waals surface area contributed by atoms with Crippen LogP contribution in [-0.2, 0) is 7.05 Å². The zero-order valence-electron chi connectivity index (χ0n) is 12.9. The highest BCUT2D eigenvalue weighted by Gasteiger charge is 2.09. The molecular formula is C18H16IN3O. The predicted octanol–water partition coefficient (Wildman–Crippen LogP) is 3.86. The summed E-state index contributed by atoms with van der Waals surface area (Å²) in [6.45, 7) is 2.04. The molecule has 0 bridgehead atoms. The number of hydrazone groups is 1. The van der Waals surface area contributed by atoms with Gasteiger partial charge in [-0.2, -0.15) is 5.10 Å². The summed E-state index contributed by atoms with van der Waals surface area (Å²) in [5, 5.41) is 5.26. The van der Waals surface area contributed by atoms with Crippen LogP contribution in [0.4, 0.5) is 0 Å². The van der Waals surface area contributed by atoms with Gasteiger partial charge in [0.25, 0.3) is 5.91 Å². The number of carbonyl (C=O) groups excluding carboxylic acids is 1. The number of amides is 1. The van der Waals surface area contributed by atoms with Crippen LogP contribution in [0.15, 0.2) is 53.6 Å². The Morgan fingerprint density at radius 3 is 2.78 bits per heavy atom. The van der Waals surface area contributed by atoms with Crippen molar-refractivity contribution in [3.8, 4) is 0 Å². The fourth-order valence-corrected chi connectivity index (χ4v) is 3.11. The van der Waals surface area contributed by atoms with E-state index in [9.17, 15) is 4.79 Å². The highest BCUT2D eigenvalue weighted by Crippen LogP contribution is 2.22. The third-order valence-corrected chi connectivity index (χ3v) is 4.57. The first-order valence-corrected chi connectivity index (χ1v) is 8.29. The van der Waals surface area contributed by atoms with Crippen molar-refractivity contribution in [1.82, 2.24) is 9.99 Å². The zero-order valence-corrected chi connectivity index (χ0v) is 15.0. The fourth-order valence-electron chi connectivity index (χ4n) is 2.56. The maximum atomic E-state index is 12.1. The van der Waals surface area contributed by atoms with E-state index >= 15 is 0 Å². The largest absolute Gasteiger partial charge is 0.347 e. The maximum absolute atomic E-state index is 12.1. The lowest BCUT2D eigenvalue weighted by Crippen LogP contribution is -2.17. The molecule has 116 valence electrons. The number of nitrogens with zero attached hydrogens (tertiary/aromatic N) is 2. The number of para-hydroxylation sites is 1. The van der Waals surface area contributed by atoms with E-state index in [2.05, 4.69) is 49.8 Å². The summed E-state index contributed by atoms with van der Waals surface area (Å²) in [5.74, 6) is -0.211. The topological polar surface area (TPSA) is 46.4 Å². The van der Waals surface area contributed by atoms with Gasteiger partial charge in [-0.3, -0.25) is 4.79 Å². The summed E-state index contributed by atoms with van der Waals surface area (Å²) in [6, 6.07) is 15.6. The van der Waals surface area contributed by atoms with E-state index in [1.165, 1.54) is 0 Å². The maximum Gasteiger partial charge on any atom is 0.271 e. The van der Waals surface area contributed by atoms with Crippen molar-refractivity contribution in [2.45, 2.75) is 6.92 Å². The Labute approximate surface area is 148 Å². The lowest BCUT2D eigenvalue weighted by atomic mass is 10.1. The number of rotatable bonds is 3. The van der Waals surface area contributed by atoms with Crippen LogP contribution < -0.4 is 5.43 Å². The molecule has 4 nitrogen and oxygen atoms in total. The lowest BCUT2D eigenvalue weighted by molar-refractivity contribution is 0.0955.